The summed E-state index contributed by atoms with van der Waals surface area (Å²) in [5.74, 6) is -0.573. The molecule has 2 fully saturated rings. The van der Waals surface area contributed by atoms with Crippen LogP contribution in [0, 0.1) is 5.41 Å². The number of carbonyl (C=O) groups excluding carboxylic acids is 3. The Bertz CT molecular complexity index is 2140. The van der Waals surface area contributed by atoms with Crippen LogP contribution in [0.5, 0.6) is 5.75 Å². The minimum Gasteiger partial charge on any atom is -0.497 e. The highest BCUT2D eigenvalue weighted by molar-refractivity contribution is 8.00. The number of ether oxygens (including phenoxy) is 2. The third-order valence-electron chi connectivity index (χ3n) is 9.93. The highest BCUT2D eigenvalue weighted by Crippen LogP contribution is 2.44. The van der Waals surface area contributed by atoms with Crippen molar-refractivity contribution >= 4 is 51.7 Å². The van der Waals surface area contributed by atoms with Crippen LogP contribution >= 0.6 is 23.1 Å². The first kappa shape index (κ1) is 39.3. The molecule has 3 atom stereocenters. The van der Waals surface area contributed by atoms with Crippen LogP contribution in [-0.2, 0) is 36.1 Å². The van der Waals surface area contributed by atoms with E-state index < -0.39 is 34.2 Å². The number of carbonyl (C=O) groups is 3. The maximum absolute atomic E-state index is 13.9. The van der Waals surface area contributed by atoms with Gasteiger partial charge in [0.25, 0.3) is 5.91 Å². The predicted octanol–water partition coefficient (Wildman–Crippen LogP) is 5.58. The number of aliphatic hydroxyl groups is 1. The Labute approximate surface area is 338 Å². The van der Waals surface area contributed by atoms with Gasteiger partial charge in [-0.1, -0.05) is 120 Å². The van der Waals surface area contributed by atoms with E-state index in [0.717, 1.165) is 22.3 Å². The van der Waals surface area contributed by atoms with Gasteiger partial charge in [-0.25, -0.2) is 4.98 Å². The molecule has 1 aromatic heterocycles. The van der Waals surface area contributed by atoms with Gasteiger partial charge >= 0.3 is 5.97 Å². The molecule has 3 N–H and O–H groups in total. The van der Waals surface area contributed by atoms with Crippen LogP contribution in [0.15, 0.2) is 138 Å². The molecule has 7 rings (SSSR count). The van der Waals surface area contributed by atoms with E-state index in [2.05, 4.69) is 52.2 Å². The number of nitrogens with one attached hydrogen (secondary N) is 2. The van der Waals surface area contributed by atoms with E-state index in [9.17, 15) is 19.5 Å². The van der Waals surface area contributed by atoms with Crippen LogP contribution in [0.3, 0.4) is 0 Å². The molecular weight excluding hydrogens is 763 g/mol. The van der Waals surface area contributed by atoms with E-state index in [-0.39, 0.29) is 42.8 Å². The van der Waals surface area contributed by atoms with Gasteiger partial charge in [0.15, 0.2) is 10.8 Å². The number of aromatic nitrogens is 1. The Morgan fingerprint density at radius 2 is 1.56 bits per heavy atom. The van der Waals surface area contributed by atoms with Gasteiger partial charge in [0.2, 0.25) is 5.91 Å². The summed E-state index contributed by atoms with van der Waals surface area (Å²) >= 11 is 2.66. The molecule has 0 saturated carbocycles. The summed E-state index contributed by atoms with van der Waals surface area (Å²) in [6.07, 6.45) is 3.08. The number of esters is 1. The third kappa shape index (κ3) is 8.01. The summed E-state index contributed by atoms with van der Waals surface area (Å²) in [7, 11) is 2.91. The normalized spacial score (nSPS) is 19.3. The van der Waals surface area contributed by atoms with E-state index in [1.54, 1.807) is 47.7 Å². The summed E-state index contributed by atoms with van der Waals surface area (Å²) in [4.78, 5) is 52.5. The van der Waals surface area contributed by atoms with Gasteiger partial charge in [0, 0.05) is 17.7 Å². The molecule has 0 spiro atoms. The fourth-order valence-corrected chi connectivity index (χ4v) is 9.33. The lowest BCUT2D eigenvalue weighted by molar-refractivity contribution is -0.160. The average Bonchev–Trinajstić information content (AvgIpc) is 3.73. The number of anilines is 1. The molecule has 3 heterocycles. The fourth-order valence-electron chi connectivity index (χ4n) is 7.07. The van der Waals surface area contributed by atoms with E-state index in [0.29, 0.717) is 10.9 Å². The van der Waals surface area contributed by atoms with Gasteiger partial charge in [-0.2, -0.15) is 0 Å². The Hall–Kier alpha value is -5.96. The molecule has 2 unspecified atom stereocenters. The van der Waals surface area contributed by atoms with Crippen molar-refractivity contribution in [1.82, 2.24) is 15.2 Å². The van der Waals surface area contributed by atoms with Crippen LogP contribution in [0.25, 0.3) is 0 Å². The molecule has 2 amide bonds. The van der Waals surface area contributed by atoms with Crippen molar-refractivity contribution in [3.8, 4) is 5.75 Å². The van der Waals surface area contributed by atoms with E-state index in [1.165, 1.54) is 36.3 Å². The number of benzene rings is 4. The molecule has 0 aliphatic carbocycles. The second-order valence-corrected chi connectivity index (χ2v) is 15.4. The summed E-state index contributed by atoms with van der Waals surface area (Å²) in [5.41, 5.74) is 1.87. The van der Waals surface area contributed by atoms with Crippen LogP contribution in [0.1, 0.15) is 27.9 Å². The number of methoxy groups -OCH3 is 1. The van der Waals surface area contributed by atoms with Crippen LogP contribution in [0.4, 0.5) is 5.13 Å². The molecule has 14 heteroatoms. The second-order valence-electron chi connectivity index (χ2n) is 13.4. The standard InChI is InChI=1S/C43H41N5O7S2/c1-53-33-21-19-29(20-22-33)25-55-40(52)42(23-12-24-49)27-48-38(51)36(39(48)57-28-42)45-37(50)35(47-54-2)34-26-56-41(44-34)46-43(30-13-6-3-7-14-30,31-15-8-4-9-16-31)32-17-10-5-11-18-32/h3-23,26,36,39,49H,24-25,27-28H2,1-2H3,(H,44,46)(H,45,50)/t36?,39-,42?/m1/s1. The summed E-state index contributed by atoms with van der Waals surface area (Å²) in [6.45, 7) is -0.227. The number of rotatable bonds is 15. The number of thioether (sulfide) groups is 1. The van der Waals surface area contributed by atoms with E-state index in [1.807, 2.05) is 54.6 Å². The van der Waals surface area contributed by atoms with Crippen molar-refractivity contribution in [1.29, 1.82) is 0 Å². The molecule has 2 aliphatic heterocycles. The number of hydrogen-bond acceptors (Lipinski definition) is 12. The van der Waals surface area contributed by atoms with Crippen LogP contribution in [0.2, 0.25) is 0 Å². The molecule has 0 radical (unpaired) electrons. The highest BCUT2D eigenvalue weighted by Gasteiger charge is 2.57. The van der Waals surface area contributed by atoms with E-state index in [4.69, 9.17) is 19.3 Å². The fraction of sp³-hybridized carbons (Fsp3) is 0.233. The lowest BCUT2D eigenvalue weighted by atomic mass is 9.77. The van der Waals surface area contributed by atoms with Gasteiger partial charge in [-0.15, -0.1) is 23.1 Å². The summed E-state index contributed by atoms with van der Waals surface area (Å²) in [6, 6.07) is 36.5. The Balaban J connectivity index is 1.07. The second kappa shape index (κ2) is 17.5. The Kier molecular flexibility index (Phi) is 12.0. The first-order valence-corrected chi connectivity index (χ1v) is 20.1. The first-order chi connectivity index (χ1) is 27.8. The lowest BCUT2D eigenvalue weighted by Gasteiger charge is -2.53. The van der Waals surface area contributed by atoms with Crippen molar-refractivity contribution < 1.29 is 33.8 Å². The highest BCUT2D eigenvalue weighted by atomic mass is 32.2. The molecule has 2 saturated heterocycles. The zero-order valence-electron chi connectivity index (χ0n) is 31.2. The molecule has 0 bridgehead atoms. The first-order valence-electron chi connectivity index (χ1n) is 18.2. The lowest BCUT2D eigenvalue weighted by Crippen LogP contribution is -2.73. The molecule has 4 aromatic carbocycles. The summed E-state index contributed by atoms with van der Waals surface area (Å²) in [5, 5.41) is 22.0. The monoisotopic (exact) mass is 803 g/mol. The number of fused-ring (bicyclic) bond motifs is 1. The molecule has 57 heavy (non-hydrogen) atoms. The topological polar surface area (TPSA) is 152 Å². The molecule has 2 aliphatic rings. The minimum absolute atomic E-state index is 0.0273. The SMILES string of the molecule is CON=C(C(=O)NC1C(=O)N2CC(C=CCO)(C(=O)OCc3ccc(OC)cc3)CS[C@H]12)c1csc(NC(c2ccccc2)(c2ccccc2)c2ccccc2)n1. The molecule has 292 valence electrons. The largest absolute Gasteiger partial charge is 0.497 e. The molecule has 12 nitrogen and oxygen atoms in total. The Morgan fingerprint density at radius 1 is 0.947 bits per heavy atom. The van der Waals surface area contributed by atoms with E-state index >= 15 is 0 Å². The minimum atomic E-state index is -1.19. The summed E-state index contributed by atoms with van der Waals surface area (Å²) < 4.78 is 10.9. The number of amides is 2. The third-order valence-corrected chi connectivity index (χ3v) is 12.2. The Morgan fingerprint density at radius 3 is 2.12 bits per heavy atom. The number of hydrogen-bond donors (Lipinski definition) is 3. The number of thiazole rings is 1. The predicted molar refractivity (Wildman–Crippen MR) is 220 cm³/mol. The number of aliphatic hydroxyl groups excluding tert-OH is 1. The molecule has 5 aromatic rings. The zero-order valence-corrected chi connectivity index (χ0v) is 32.9. The van der Waals surface area contributed by atoms with Gasteiger partial charge in [-0.05, 0) is 34.4 Å². The van der Waals surface area contributed by atoms with Crippen molar-refractivity contribution in [2.75, 3.05) is 38.4 Å². The van der Waals surface area contributed by atoms with Crippen molar-refractivity contribution in [2.45, 2.75) is 23.6 Å². The van der Waals surface area contributed by atoms with Gasteiger partial charge in [-0.3, -0.25) is 14.4 Å². The van der Waals surface area contributed by atoms with Gasteiger partial charge < -0.3 is 35.0 Å². The van der Waals surface area contributed by atoms with Gasteiger partial charge in [0.1, 0.15) is 47.5 Å². The number of β-lactam (4-membered cyclic amide) rings is 1. The van der Waals surface area contributed by atoms with Crippen molar-refractivity contribution in [3.63, 3.8) is 0 Å². The number of oxime groups is 1. The zero-order chi connectivity index (χ0) is 39.8. The van der Waals surface area contributed by atoms with Crippen LogP contribution < -0.4 is 15.4 Å². The molecular formula is C43H41N5O7S2. The number of nitrogens with zero attached hydrogens (tertiary/aromatic N) is 3. The van der Waals surface area contributed by atoms with Gasteiger partial charge in [0.05, 0.1) is 13.7 Å². The maximum Gasteiger partial charge on any atom is 0.318 e. The van der Waals surface area contributed by atoms with Crippen molar-refractivity contribution in [3.05, 3.63) is 161 Å². The van der Waals surface area contributed by atoms with Crippen LogP contribution in [-0.4, -0.2) is 83.0 Å². The average molecular weight is 804 g/mol. The quantitative estimate of drug-likeness (QED) is 0.0306. The van der Waals surface area contributed by atoms with Crippen molar-refractivity contribution in [2.24, 2.45) is 10.6 Å². The maximum atomic E-state index is 13.9. The smallest absolute Gasteiger partial charge is 0.318 e.